The van der Waals surface area contributed by atoms with Crippen molar-refractivity contribution in [3.63, 3.8) is 0 Å². The van der Waals surface area contributed by atoms with Crippen LogP contribution in [0, 0.1) is 0 Å². The number of hydrogen-bond acceptors (Lipinski definition) is 3. The van der Waals surface area contributed by atoms with E-state index in [9.17, 15) is 0 Å². The molecule has 0 saturated carbocycles. The van der Waals surface area contributed by atoms with E-state index in [0.29, 0.717) is 5.04 Å². The molecule has 0 fully saturated rings. The Bertz CT molecular complexity index is 77.6. The molecule has 5 heteroatoms. The Hall–Kier alpha value is 0.314. The second-order valence-electron chi connectivity index (χ2n) is 4.00. The first kappa shape index (κ1) is 14.8. The topological polar surface area (TPSA) is 27.7 Å². The molecule has 0 amide bonds. The van der Waals surface area contributed by atoms with Gasteiger partial charge in [-0.3, -0.25) is 0 Å². The lowest BCUT2D eigenvalue weighted by atomic mass is 10.3. The highest BCUT2D eigenvalue weighted by atomic mass is 28.3. The van der Waals surface area contributed by atoms with Crippen molar-refractivity contribution in [1.29, 1.82) is 0 Å². The molecule has 0 bridgehead atoms. The van der Waals surface area contributed by atoms with Crippen LogP contribution in [0.1, 0.15) is 20.8 Å². The fourth-order valence-corrected chi connectivity index (χ4v) is 0.866. The fraction of sp³-hybridized carbons (Fsp3) is 1.00. The SMILES string of the molecule is CC(C)(C)[SiH3].CO[SiH](OC)OC. The maximum atomic E-state index is 4.74. The second kappa shape index (κ2) is 7.94. The summed E-state index contributed by atoms with van der Waals surface area (Å²) in [4.78, 5) is 0. The summed E-state index contributed by atoms with van der Waals surface area (Å²) in [6, 6.07) is 0. The van der Waals surface area contributed by atoms with E-state index in [1.165, 1.54) is 10.2 Å². The van der Waals surface area contributed by atoms with Crippen LogP contribution in [0.5, 0.6) is 0 Å². The Morgan fingerprint density at radius 2 is 1.08 bits per heavy atom. The fourth-order valence-electron chi connectivity index (χ4n) is 0.289. The molecule has 0 spiro atoms. The predicted octanol–water partition coefficient (Wildman–Crippen LogP) is 0.213. The molecule has 3 nitrogen and oxygen atoms in total. The van der Waals surface area contributed by atoms with Crippen LogP contribution in [0.15, 0.2) is 0 Å². The highest BCUT2D eigenvalue weighted by molar-refractivity contribution is 6.36. The molecule has 0 aliphatic carbocycles. The predicted molar refractivity (Wildman–Crippen MR) is 57.8 cm³/mol. The molecule has 0 aliphatic rings. The monoisotopic (exact) mass is 210 g/mol. The van der Waals surface area contributed by atoms with Crippen LogP contribution >= 0.6 is 0 Å². The van der Waals surface area contributed by atoms with Gasteiger partial charge >= 0.3 is 9.53 Å². The Balaban J connectivity index is 0. The highest BCUT2D eigenvalue weighted by Crippen LogP contribution is 2.13. The average molecular weight is 210 g/mol. The molecular weight excluding hydrogens is 188 g/mol. The average Bonchev–Trinajstić information content (AvgIpc) is 1.88. The van der Waals surface area contributed by atoms with Crippen LogP contribution < -0.4 is 0 Å². The van der Waals surface area contributed by atoms with Crippen molar-refractivity contribution in [3.8, 4) is 0 Å². The van der Waals surface area contributed by atoms with Gasteiger partial charge in [0.25, 0.3) is 0 Å². The molecule has 0 aromatic heterocycles. The van der Waals surface area contributed by atoms with Crippen LogP contribution in [0.25, 0.3) is 0 Å². The van der Waals surface area contributed by atoms with Crippen molar-refractivity contribution in [2.45, 2.75) is 25.8 Å². The van der Waals surface area contributed by atoms with Crippen molar-refractivity contribution >= 4 is 19.8 Å². The second-order valence-corrected chi connectivity index (χ2v) is 8.99. The lowest BCUT2D eigenvalue weighted by molar-refractivity contribution is 0.163. The van der Waals surface area contributed by atoms with Crippen LogP contribution in [0.3, 0.4) is 0 Å². The maximum absolute atomic E-state index is 4.74. The summed E-state index contributed by atoms with van der Waals surface area (Å²) in [5, 5.41) is 0.639. The Morgan fingerprint density at radius 3 is 1.08 bits per heavy atom. The van der Waals surface area contributed by atoms with Crippen molar-refractivity contribution in [2.24, 2.45) is 0 Å². The largest absolute Gasteiger partial charge is 0.483 e. The van der Waals surface area contributed by atoms with E-state index in [1.807, 2.05) is 0 Å². The standard InChI is InChI=1S/C4H12Si.C3H10O3Si/c1-4(2,3)5;1-4-7(5-2)6-3/h1-3,5H3;7H,1-3H3. The van der Waals surface area contributed by atoms with Crippen LogP contribution in [-0.2, 0) is 13.3 Å². The highest BCUT2D eigenvalue weighted by Gasteiger charge is 2.04. The normalized spacial score (nSPS) is 11.2. The van der Waals surface area contributed by atoms with Gasteiger partial charge in [0.05, 0.1) is 0 Å². The Kier molecular flexibility index (Phi) is 9.80. The third kappa shape index (κ3) is 22.4. The maximum Gasteiger partial charge on any atom is 0.483 e. The molecule has 0 unspecified atom stereocenters. The summed E-state index contributed by atoms with van der Waals surface area (Å²) in [5.41, 5.74) is 0. The molecule has 0 aromatic rings. The first-order valence-corrected chi connectivity index (χ1v) is 6.35. The summed E-state index contributed by atoms with van der Waals surface area (Å²) in [6.45, 7) is 6.75. The number of rotatable bonds is 3. The lowest BCUT2D eigenvalue weighted by Crippen LogP contribution is -2.21. The minimum Gasteiger partial charge on any atom is -0.379 e. The van der Waals surface area contributed by atoms with Crippen LogP contribution in [0.2, 0.25) is 5.04 Å². The van der Waals surface area contributed by atoms with Crippen molar-refractivity contribution in [2.75, 3.05) is 21.3 Å². The minimum atomic E-state index is -1.67. The van der Waals surface area contributed by atoms with Gasteiger partial charge in [0.2, 0.25) is 0 Å². The Labute approximate surface area is 80.8 Å². The van der Waals surface area contributed by atoms with Gasteiger partial charge in [0.1, 0.15) is 0 Å². The summed E-state index contributed by atoms with van der Waals surface area (Å²) in [5.74, 6) is 0. The summed E-state index contributed by atoms with van der Waals surface area (Å²) in [7, 11) is 4.36. The molecule has 76 valence electrons. The smallest absolute Gasteiger partial charge is 0.379 e. The minimum absolute atomic E-state index is 0.639. The molecule has 0 N–H and O–H groups in total. The molecule has 0 heterocycles. The van der Waals surface area contributed by atoms with Gasteiger partial charge in [-0.15, -0.1) is 0 Å². The van der Waals surface area contributed by atoms with Crippen LogP contribution in [-0.4, -0.2) is 41.1 Å². The summed E-state index contributed by atoms with van der Waals surface area (Å²) in [6.07, 6.45) is 0. The molecular formula is C7H22O3Si2. The zero-order chi connectivity index (χ0) is 10.2. The summed E-state index contributed by atoms with van der Waals surface area (Å²) < 4.78 is 14.2. The third-order valence-corrected chi connectivity index (χ3v) is 1.73. The van der Waals surface area contributed by atoms with Gasteiger partial charge in [-0.2, -0.15) is 0 Å². The van der Waals surface area contributed by atoms with Gasteiger partial charge < -0.3 is 13.3 Å². The van der Waals surface area contributed by atoms with Crippen LogP contribution in [0.4, 0.5) is 0 Å². The van der Waals surface area contributed by atoms with Gasteiger partial charge in [-0.25, -0.2) is 0 Å². The quantitative estimate of drug-likeness (QED) is 0.624. The first-order valence-electron chi connectivity index (χ1n) is 3.93. The van der Waals surface area contributed by atoms with E-state index >= 15 is 0 Å². The van der Waals surface area contributed by atoms with Gasteiger partial charge in [-0.1, -0.05) is 25.8 Å². The zero-order valence-electron chi connectivity index (χ0n) is 9.30. The molecule has 0 saturated heterocycles. The molecule has 0 aromatic carbocycles. The van der Waals surface area contributed by atoms with Crippen molar-refractivity contribution < 1.29 is 13.3 Å². The molecule has 0 atom stereocenters. The lowest BCUT2D eigenvalue weighted by Gasteiger charge is -2.05. The van der Waals surface area contributed by atoms with E-state index in [1.54, 1.807) is 21.3 Å². The van der Waals surface area contributed by atoms with E-state index in [-0.39, 0.29) is 0 Å². The van der Waals surface area contributed by atoms with E-state index in [2.05, 4.69) is 20.8 Å². The van der Waals surface area contributed by atoms with Gasteiger partial charge in [0, 0.05) is 31.6 Å². The number of hydrogen-bond donors (Lipinski definition) is 0. The summed E-state index contributed by atoms with van der Waals surface area (Å²) >= 11 is 0. The van der Waals surface area contributed by atoms with Crippen molar-refractivity contribution in [1.82, 2.24) is 0 Å². The van der Waals surface area contributed by atoms with E-state index < -0.39 is 9.53 Å². The Morgan fingerprint density at radius 1 is 0.917 bits per heavy atom. The molecule has 0 aliphatic heterocycles. The van der Waals surface area contributed by atoms with E-state index in [4.69, 9.17) is 13.3 Å². The van der Waals surface area contributed by atoms with Gasteiger partial charge in [0.15, 0.2) is 0 Å². The van der Waals surface area contributed by atoms with Crippen molar-refractivity contribution in [3.05, 3.63) is 0 Å². The molecule has 0 radical (unpaired) electrons. The van der Waals surface area contributed by atoms with E-state index in [0.717, 1.165) is 0 Å². The first-order chi connectivity index (χ1) is 5.35. The molecule has 12 heavy (non-hydrogen) atoms. The van der Waals surface area contributed by atoms with Gasteiger partial charge in [-0.05, 0) is 0 Å². The third-order valence-electron chi connectivity index (χ3n) is 0.577. The zero-order valence-corrected chi connectivity index (χ0v) is 12.5. The molecule has 0 rings (SSSR count).